The van der Waals surface area contributed by atoms with E-state index >= 15 is 0 Å². The first kappa shape index (κ1) is 16.7. The Morgan fingerprint density at radius 2 is 1.45 bits per heavy atom. The predicted octanol–water partition coefficient (Wildman–Crippen LogP) is 1.87. The number of hydrogen-bond acceptors (Lipinski definition) is 4. The Hall–Kier alpha value is -1.62. The molecule has 2 aromatic carbocycles. The second-order valence-corrected chi connectivity index (χ2v) is 8.18. The number of nitrogens with one attached hydrogen (secondary N) is 2. The van der Waals surface area contributed by atoms with E-state index in [2.05, 4.69) is 25.4 Å². The molecule has 0 saturated heterocycles. The van der Waals surface area contributed by atoms with Crippen LogP contribution in [0.3, 0.4) is 0 Å². The fourth-order valence-corrected chi connectivity index (χ4v) is 3.76. The number of anilines is 2. The zero-order valence-electron chi connectivity index (χ0n) is 11.0. The van der Waals surface area contributed by atoms with E-state index in [1.807, 2.05) is 0 Å². The summed E-state index contributed by atoms with van der Waals surface area (Å²) in [5.74, 6) is 0. The SMILES string of the molecule is NS(=O)(=O)Nc1cccc(NS(=O)(=O)c2cccc(Br)c2)c1. The molecule has 0 bridgehead atoms. The van der Waals surface area contributed by atoms with Gasteiger partial charge >= 0.3 is 0 Å². The van der Waals surface area contributed by atoms with Gasteiger partial charge in [-0.25, -0.2) is 13.6 Å². The topological polar surface area (TPSA) is 118 Å². The molecule has 0 amide bonds. The molecular formula is C12H12BrN3O4S2. The monoisotopic (exact) mass is 405 g/mol. The summed E-state index contributed by atoms with van der Waals surface area (Å²) in [7, 11) is -7.71. The van der Waals surface area contributed by atoms with Crippen LogP contribution < -0.4 is 14.6 Å². The Bertz CT molecular complexity index is 898. The third kappa shape index (κ3) is 4.70. The van der Waals surface area contributed by atoms with Gasteiger partial charge in [0.15, 0.2) is 0 Å². The molecule has 0 aromatic heterocycles. The lowest BCUT2D eigenvalue weighted by atomic mass is 10.3. The van der Waals surface area contributed by atoms with Gasteiger partial charge in [-0.3, -0.25) is 9.44 Å². The number of nitrogens with two attached hydrogens (primary N) is 1. The molecule has 2 aromatic rings. The van der Waals surface area contributed by atoms with Crippen LogP contribution in [0.4, 0.5) is 11.4 Å². The molecule has 118 valence electrons. The van der Waals surface area contributed by atoms with Crippen LogP contribution in [0.1, 0.15) is 0 Å². The second kappa shape index (κ2) is 6.24. The number of hydrogen-bond donors (Lipinski definition) is 3. The third-order valence-corrected chi connectivity index (χ3v) is 4.87. The quantitative estimate of drug-likeness (QED) is 0.702. The van der Waals surface area contributed by atoms with Crippen molar-refractivity contribution in [1.29, 1.82) is 0 Å². The molecule has 0 aliphatic heterocycles. The fraction of sp³-hybridized carbons (Fsp3) is 0. The van der Waals surface area contributed by atoms with Crippen molar-refractivity contribution in [2.75, 3.05) is 9.44 Å². The molecule has 0 aliphatic carbocycles. The summed E-state index contributed by atoms with van der Waals surface area (Å²) in [6.07, 6.45) is 0. The van der Waals surface area contributed by atoms with Gasteiger partial charge in [0.05, 0.1) is 16.3 Å². The summed E-state index contributed by atoms with van der Waals surface area (Å²) in [5, 5.41) is 4.87. The molecule has 7 nitrogen and oxygen atoms in total. The van der Waals surface area contributed by atoms with Gasteiger partial charge in [-0.1, -0.05) is 28.1 Å². The molecule has 2 rings (SSSR count). The lowest BCUT2D eigenvalue weighted by Crippen LogP contribution is -2.21. The first-order chi connectivity index (χ1) is 10.2. The van der Waals surface area contributed by atoms with Crippen LogP contribution in [-0.2, 0) is 20.2 Å². The van der Waals surface area contributed by atoms with Gasteiger partial charge in [0, 0.05) is 4.47 Å². The highest BCUT2D eigenvalue weighted by Crippen LogP contribution is 2.21. The fourth-order valence-electron chi connectivity index (χ4n) is 1.66. The Morgan fingerprint density at radius 3 is 2.05 bits per heavy atom. The molecule has 0 radical (unpaired) electrons. The minimum atomic E-state index is -3.93. The Labute approximate surface area is 136 Å². The zero-order chi connectivity index (χ0) is 16.4. The van der Waals surface area contributed by atoms with Crippen LogP contribution in [0.2, 0.25) is 0 Å². The summed E-state index contributed by atoms with van der Waals surface area (Å²) >= 11 is 3.20. The molecule has 0 aliphatic rings. The highest BCUT2D eigenvalue weighted by atomic mass is 79.9. The van der Waals surface area contributed by atoms with Gasteiger partial charge in [-0.2, -0.15) is 8.42 Å². The maximum absolute atomic E-state index is 12.3. The summed E-state index contributed by atoms with van der Waals surface area (Å²) in [6, 6.07) is 11.9. The van der Waals surface area contributed by atoms with Crippen LogP contribution in [0.15, 0.2) is 57.9 Å². The number of halogens is 1. The molecule has 0 atom stereocenters. The van der Waals surface area contributed by atoms with Gasteiger partial charge < -0.3 is 0 Å². The summed E-state index contributed by atoms with van der Waals surface area (Å²) < 4.78 is 51.5. The van der Waals surface area contributed by atoms with Gasteiger partial charge in [0.25, 0.3) is 20.2 Å². The molecule has 22 heavy (non-hydrogen) atoms. The van der Waals surface area contributed by atoms with Gasteiger partial charge in [0.1, 0.15) is 0 Å². The maximum Gasteiger partial charge on any atom is 0.296 e. The number of sulfonamides is 1. The van der Waals surface area contributed by atoms with Crippen molar-refractivity contribution in [2.45, 2.75) is 4.90 Å². The molecule has 0 heterocycles. The normalized spacial score (nSPS) is 11.9. The smallest absolute Gasteiger partial charge is 0.280 e. The van der Waals surface area contributed by atoms with Crippen molar-refractivity contribution in [3.05, 3.63) is 53.0 Å². The van der Waals surface area contributed by atoms with E-state index in [1.54, 1.807) is 12.1 Å². The molecule has 10 heteroatoms. The molecular weight excluding hydrogens is 394 g/mol. The van der Waals surface area contributed by atoms with E-state index in [0.29, 0.717) is 4.47 Å². The van der Waals surface area contributed by atoms with E-state index in [4.69, 9.17) is 5.14 Å². The largest absolute Gasteiger partial charge is 0.296 e. The minimum Gasteiger partial charge on any atom is -0.280 e. The Balaban J connectivity index is 2.29. The molecule has 0 saturated carbocycles. The van der Waals surface area contributed by atoms with Crippen molar-refractivity contribution < 1.29 is 16.8 Å². The van der Waals surface area contributed by atoms with Crippen molar-refractivity contribution in [1.82, 2.24) is 0 Å². The lowest BCUT2D eigenvalue weighted by Gasteiger charge is -2.10. The molecule has 4 N–H and O–H groups in total. The number of rotatable bonds is 5. The van der Waals surface area contributed by atoms with Crippen molar-refractivity contribution >= 4 is 47.5 Å². The van der Waals surface area contributed by atoms with Crippen LogP contribution >= 0.6 is 15.9 Å². The van der Waals surface area contributed by atoms with Crippen LogP contribution in [0.5, 0.6) is 0 Å². The van der Waals surface area contributed by atoms with E-state index in [0.717, 1.165) is 0 Å². The maximum atomic E-state index is 12.3. The highest BCUT2D eigenvalue weighted by molar-refractivity contribution is 9.10. The minimum absolute atomic E-state index is 0.0756. The standard InChI is InChI=1S/C12H12BrN3O4S2/c13-9-3-1-6-12(7-9)21(17,18)15-10-4-2-5-11(8-10)16-22(14,19)20/h1-8,15-16H,(H2,14,19,20). The Morgan fingerprint density at radius 1 is 0.864 bits per heavy atom. The molecule has 0 unspecified atom stereocenters. The Kier molecular flexibility index (Phi) is 4.75. The predicted molar refractivity (Wildman–Crippen MR) is 88.1 cm³/mol. The molecule has 0 spiro atoms. The number of benzene rings is 2. The average molecular weight is 406 g/mol. The van der Waals surface area contributed by atoms with Crippen molar-refractivity contribution in [2.24, 2.45) is 5.14 Å². The van der Waals surface area contributed by atoms with Crippen LogP contribution in [0.25, 0.3) is 0 Å². The van der Waals surface area contributed by atoms with E-state index in [1.165, 1.54) is 36.4 Å². The molecule has 0 fully saturated rings. The first-order valence-corrected chi connectivity index (χ1v) is 9.67. The van der Waals surface area contributed by atoms with Gasteiger partial charge in [0.2, 0.25) is 0 Å². The van der Waals surface area contributed by atoms with Gasteiger partial charge in [-0.15, -0.1) is 0 Å². The lowest BCUT2D eigenvalue weighted by molar-refractivity contribution is 0.600. The van der Waals surface area contributed by atoms with E-state index in [9.17, 15) is 16.8 Å². The van der Waals surface area contributed by atoms with Crippen molar-refractivity contribution in [3.63, 3.8) is 0 Å². The third-order valence-electron chi connectivity index (χ3n) is 2.48. The van der Waals surface area contributed by atoms with E-state index < -0.39 is 20.2 Å². The summed E-state index contributed by atoms with van der Waals surface area (Å²) in [5.41, 5.74) is 0.352. The van der Waals surface area contributed by atoms with Crippen molar-refractivity contribution in [3.8, 4) is 0 Å². The summed E-state index contributed by atoms with van der Waals surface area (Å²) in [4.78, 5) is 0.0756. The van der Waals surface area contributed by atoms with Crippen LogP contribution in [-0.4, -0.2) is 16.8 Å². The summed E-state index contributed by atoms with van der Waals surface area (Å²) in [6.45, 7) is 0. The highest BCUT2D eigenvalue weighted by Gasteiger charge is 2.14. The zero-order valence-corrected chi connectivity index (χ0v) is 14.2. The van der Waals surface area contributed by atoms with E-state index in [-0.39, 0.29) is 16.3 Å². The second-order valence-electron chi connectivity index (χ2n) is 4.29. The average Bonchev–Trinajstić information content (AvgIpc) is 2.36. The van der Waals surface area contributed by atoms with Crippen LogP contribution in [0, 0.1) is 0 Å². The first-order valence-electron chi connectivity index (χ1n) is 5.85. The van der Waals surface area contributed by atoms with Gasteiger partial charge in [-0.05, 0) is 36.4 Å².